The van der Waals surface area contributed by atoms with E-state index >= 15 is 0 Å². The van der Waals surface area contributed by atoms with Gasteiger partial charge in [0.2, 0.25) is 0 Å². The number of nitrogens with zero attached hydrogens (tertiary/aromatic N) is 4. The molecule has 0 amide bonds. The quantitative estimate of drug-likeness (QED) is 0.892. The summed E-state index contributed by atoms with van der Waals surface area (Å²) in [6.45, 7) is 8.17. The molecule has 0 aromatic carbocycles. The summed E-state index contributed by atoms with van der Waals surface area (Å²) in [5.41, 5.74) is 2.43. The Bertz CT molecular complexity index is 518. The van der Waals surface area contributed by atoms with Crippen molar-refractivity contribution in [3.05, 3.63) is 35.9 Å². The van der Waals surface area contributed by atoms with Crippen molar-refractivity contribution in [2.75, 3.05) is 0 Å². The first-order valence-electron chi connectivity index (χ1n) is 6.68. The molecule has 0 saturated carbocycles. The second kappa shape index (κ2) is 5.57. The fourth-order valence-electron chi connectivity index (χ4n) is 1.85. The van der Waals surface area contributed by atoms with Crippen LogP contribution in [0.4, 0.5) is 0 Å². The smallest absolute Gasteiger partial charge is 0.0762 e. The maximum atomic E-state index is 4.57. The van der Waals surface area contributed by atoms with Gasteiger partial charge in [0, 0.05) is 50.2 Å². The summed E-state index contributed by atoms with van der Waals surface area (Å²) >= 11 is 0. The largest absolute Gasteiger partial charge is 0.306 e. The van der Waals surface area contributed by atoms with E-state index < -0.39 is 0 Å². The van der Waals surface area contributed by atoms with Gasteiger partial charge < -0.3 is 5.32 Å². The second-order valence-corrected chi connectivity index (χ2v) is 5.87. The maximum absolute atomic E-state index is 4.57. The van der Waals surface area contributed by atoms with E-state index in [0.717, 1.165) is 25.2 Å². The molecular formula is C14H23N5. The van der Waals surface area contributed by atoms with E-state index in [1.54, 1.807) is 0 Å². The highest BCUT2D eigenvalue weighted by molar-refractivity contribution is 5.02. The van der Waals surface area contributed by atoms with Crippen LogP contribution >= 0.6 is 0 Å². The van der Waals surface area contributed by atoms with Gasteiger partial charge in [-0.3, -0.25) is 9.36 Å². The van der Waals surface area contributed by atoms with E-state index in [1.165, 1.54) is 5.69 Å². The summed E-state index contributed by atoms with van der Waals surface area (Å²) < 4.78 is 3.90. The topological polar surface area (TPSA) is 47.7 Å². The average Bonchev–Trinajstić information content (AvgIpc) is 2.92. The molecule has 2 rings (SSSR count). The zero-order chi connectivity index (χ0) is 13.9. The summed E-state index contributed by atoms with van der Waals surface area (Å²) in [6.07, 6.45) is 4.82. The molecule has 5 heteroatoms. The Hall–Kier alpha value is -1.62. The van der Waals surface area contributed by atoms with Crippen molar-refractivity contribution in [1.29, 1.82) is 0 Å². The Morgan fingerprint density at radius 1 is 1.26 bits per heavy atom. The predicted octanol–water partition coefficient (Wildman–Crippen LogP) is 1.75. The Morgan fingerprint density at radius 3 is 2.68 bits per heavy atom. The highest BCUT2D eigenvalue weighted by atomic mass is 15.3. The Morgan fingerprint density at radius 2 is 2.05 bits per heavy atom. The number of hydrogen-bond donors (Lipinski definition) is 1. The van der Waals surface area contributed by atoms with E-state index in [9.17, 15) is 0 Å². The molecule has 0 aliphatic carbocycles. The number of aryl methyl sites for hydroxylation is 3. The molecule has 0 aliphatic heterocycles. The van der Waals surface area contributed by atoms with Crippen molar-refractivity contribution in [2.45, 2.75) is 45.8 Å². The minimum Gasteiger partial charge on any atom is -0.306 e. The summed E-state index contributed by atoms with van der Waals surface area (Å²) in [5.74, 6) is 0. The van der Waals surface area contributed by atoms with Crippen molar-refractivity contribution >= 4 is 0 Å². The average molecular weight is 261 g/mol. The van der Waals surface area contributed by atoms with E-state index in [0.29, 0.717) is 0 Å². The van der Waals surface area contributed by atoms with Crippen LogP contribution in [0.3, 0.4) is 0 Å². The first-order chi connectivity index (χ1) is 8.94. The van der Waals surface area contributed by atoms with Gasteiger partial charge in [-0.1, -0.05) is 0 Å². The normalized spacial score (nSPS) is 12.0. The van der Waals surface area contributed by atoms with Crippen LogP contribution in [0.25, 0.3) is 0 Å². The van der Waals surface area contributed by atoms with E-state index in [2.05, 4.69) is 42.4 Å². The molecular weight excluding hydrogens is 238 g/mol. The van der Waals surface area contributed by atoms with Crippen molar-refractivity contribution in [3.8, 4) is 0 Å². The molecule has 104 valence electrons. The van der Waals surface area contributed by atoms with Crippen molar-refractivity contribution < 1.29 is 0 Å². The van der Waals surface area contributed by atoms with Gasteiger partial charge in [0.15, 0.2) is 0 Å². The van der Waals surface area contributed by atoms with Crippen molar-refractivity contribution in [3.63, 3.8) is 0 Å². The molecule has 1 N–H and O–H groups in total. The lowest BCUT2D eigenvalue weighted by Crippen LogP contribution is -2.35. The Labute approximate surface area is 114 Å². The zero-order valence-electron chi connectivity index (χ0n) is 12.2. The molecule has 0 radical (unpaired) electrons. The lowest BCUT2D eigenvalue weighted by molar-refractivity contribution is 0.419. The number of hydrogen-bond acceptors (Lipinski definition) is 3. The van der Waals surface area contributed by atoms with Gasteiger partial charge in [0.1, 0.15) is 0 Å². The Balaban J connectivity index is 1.86. The first kappa shape index (κ1) is 13.8. The van der Waals surface area contributed by atoms with Crippen LogP contribution in [0.2, 0.25) is 0 Å². The Kier molecular flexibility index (Phi) is 4.04. The minimum atomic E-state index is 0.124. The molecule has 0 bridgehead atoms. The van der Waals surface area contributed by atoms with Crippen LogP contribution in [0.1, 0.15) is 32.2 Å². The van der Waals surface area contributed by atoms with Crippen LogP contribution in [-0.4, -0.2) is 25.1 Å². The summed E-state index contributed by atoms with van der Waals surface area (Å²) in [7, 11) is 1.97. The number of nitrogens with one attached hydrogen (secondary N) is 1. The highest BCUT2D eigenvalue weighted by Crippen LogP contribution is 2.04. The third kappa shape index (κ3) is 4.21. The van der Waals surface area contributed by atoms with Gasteiger partial charge in [-0.05, 0) is 32.9 Å². The third-order valence-corrected chi connectivity index (χ3v) is 3.02. The molecule has 5 nitrogen and oxygen atoms in total. The monoisotopic (exact) mass is 261 g/mol. The van der Waals surface area contributed by atoms with E-state index in [-0.39, 0.29) is 5.54 Å². The minimum absolute atomic E-state index is 0.124. The van der Waals surface area contributed by atoms with Crippen LogP contribution in [-0.2, 0) is 26.6 Å². The molecule has 19 heavy (non-hydrogen) atoms. The van der Waals surface area contributed by atoms with Gasteiger partial charge in [0.05, 0.1) is 5.69 Å². The molecule has 2 heterocycles. The van der Waals surface area contributed by atoms with Crippen molar-refractivity contribution in [2.24, 2.45) is 7.05 Å². The van der Waals surface area contributed by atoms with E-state index in [1.807, 2.05) is 34.9 Å². The standard InChI is InChI=1S/C14H23N5/c1-14(2,3)15-11-12-6-9-19(17-12)10-7-13-5-8-16-18(13)4/h5-6,8-9,15H,7,10-11H2,1-4H3. The van der Waals surface area contributed by atoms with Gasteiger partial charge >= 0.3 is 0 Å². The second-order valence-electron chi connectivity index (χ2n) is 5.87. The molecule has 2 aromatic heterocycles. The number of aromatic nitrogens is 4. The van der Waals surface area contributed by atoms with Gasteiger partial charge in [-0.25, -0.2) is 0 Å². The fourth-order valence-corrected chi connectivity index (χ4v) is 1.85. The van der Waals surface area contributed by atoms with Gasteiger partial charge in [0.25, 0.3) is 0 Å². The summed E-state index contributed by atoms with van der Waals surface area (Å²) in [6, 6.07) is 4.12. The van der Waals surface area contributed by atoms with Crippen molar-refractivity contribution in [1.82, 2.24) is 24.9 Å². The SMILES string of the molecule is Cn1nccc1CCn1ccc(CNC(C)(C)C)n1. The van der Waals surface area contributed by atoms with Gasteiger partial charge in [-0.15, -0.1) is 0 Å². The first-order valence-corrected chi connectivity index (χ1v) is 6.68. The third-order valence-electron chi connectivity index (χ3n) is 3.02. The molecule has 0 fully saturated rings. The summed E-state index contributed by atoms with van der Waals surface area (Å²) in [4.78, 5) is 0. The number of rotatable bonds is 5. The molecule has 0 spiro atoms. The molecule has 0 atom stereocenters. The van der Waals surface area contributed by atoms with Crippen LogP contribution in [0, 0.1) is 0 Å². The van der Waals surface area contributed by atoms with Crippen LogP contribution < -0.4 is 5.32 Å². The molecule has 0 saturated heterocycles. The molecule has 0 unspecified atom stereocenters. The summed E-state index contributed by atoms with van der Waals surface area (Å²) in [5, 5.41) is 12.2. The lowest BCUT2D eigenvalue weighted by atomic mass is 10.1. The molecule has 0 aliphatic rings. The fraction of sp³-hybridized carbons (Fsp3) is 0.571. The van der Waals surface area contributed by atoms with Crippen LogP contribution in [0.5, 0.6) is 0 Å². The highest BCUT2D eigenvalue weighted by Gasteiger charge is 2.09. The van der Waals surface area contributed by atoms with E-state index in [4.69, 9.17) is 0 Å². The maximum Gasteiger partial charge on any atom is 0.0762 e. The van der Waals surface area contributed by atoms with Crippen LogP contribution in [0.15, 0.2) is 24.5 Å². The predicted molar refractivity (Wildman–Crippen MR) is 75.7 cm³/mol. The van der Waals surface area contributed by atoms with Gasteiger partial charge in [-0.2, -0.15) is 10.2 Å². The zero-order valence-corrected chi connectivity index (χ0v) is 12.2. The molecule has 2 aromatic rings. The lowest BCUT2D eigenvalue weighted by Gasteiger charge is -2.19.